The molecule has 1 saturated heterocycles. The van der Waals surface area contributed by atoms with Crippen LogP contribution in [0.5, 0.6) is 0 Å². The molecule has 0 amide bonds. The Morgan fingerprint density at radius 1 is 1.40 bits per heavy atom. The van der Waals surface area contributed by atoms with Gasteiger partial charge in [0.1, 0.15) is 0 Å². The fraction of sp³-hybridized carbons (Fsp3) is 0.824. The summed E-state index contributed by atoms with van der Waals surface area (Å²) in [5.74, 6) is 1.04. The van der Waals surface area contributed by atoms with Crippen molar-refractivity contribution in [1.29, 1.82) is 0 Å². The lowest BCUT2D eigenvalue weighted by atomic mass is 10.1. The lowest BCUT2D eigenvalue weighted by Gasteiger charge is -2.32. The van der Waals surface area contributed by atoms with Crippen molar-refractivity contribution in [2.24, 2.45) is 4.99 Å². The SMILES string of the molecule is CCCS(=O)(=O)N1CCC(NC(=NC)NCCC2=CCOCC2)CC1. The summed E-state index contributed by atoms with van der Waals surface area (Å²) < 4.78 is 31.2. The van der Waals surface area contributed by atoms with Gasteiger partial charge in [-0.1, -0.05) is 18.6 Å². The predicted octanol–water partition coefficient (Wildman–Crippen LogP) is 1.09. The van der Waals surface area contributed by atoms with Crippen LogP contribution in [0.25, 0.3) is 0 Å². The summed E-state index contributed by atoms with van der Waals surface area (Å²) in [5, 5.41) is 6.77. The highest BCUT2D eigenvalue weighted by molar-refractivity contribution is 7.89. The lowest BCUT2D eigenvalue weighted by Crippen LogP contribution is -2.50. The van der Waals surface area contributed by atoms with E-state index < -0.39 is 10.0 Å². The van der Waals surface area contributed by atoms with Crippen LogP contribution in [0.2, 0.25) is 0 Å². The molecule has 0 aromatic carbocycles. The number of rotatable bonds is 7. The normalized spacial score (nSPS) is 21.0. The molecular formula is C17H32N4O3S. The molecule has 0 spiro atoms. The maximum atomic E-state index is 12.1. The van der Waals surface area contributed by atoms with Gasteiger partial charge in [0, 0.05) is 32.7 Å². The van der Waals surface area contributed by atoms with Crippen LogP contribution in [-0.4, -0.2) is 70.4 Å². The fourth-order valence-electron chi connectivity index (χ4n) is 3.19. The summed E-state index contributed by atoms with van der Waals surface area (Å²) in [7, 11) is -1.31. The van der Waals surface area contributed by atoms with E-state index in [4.69, 9.17) is 4.74 Å². The smallest absolute Gasteiger partial charge is 0.214 e. The van der Waals surface area contributed by atoms with Crippen LogP contribution < -0.4 is 10.6 Å². The van der Waals surface area contributed by atoms with Crippen LogP contribution in [0, 0.1) is 0 Å². The van der Waals surface area contributed by atoms with Gasteiger partial charge in [-0.15, -0.1) is 0 Å². The van der Waals surface area contributed by atoms with Crippen molar-refractivity contribution in [2.45, 2.75) is 45.1 Å². The van der Waals surface area contributed by atoms with Crippen molar-refractivity contribution in [3.63, 3.8) is 0 Å². The van der Waals surface area contributed by atoms with Gasteiger partial charge in [0.05, 0.1) is 19.0 Å². The van der Waals surface area contributed by atoms with E-state index in [1.807, 2.05) is 6.92 Å². The second kappa shape index (κ2) is 10.1. The molecule has 0 aromatic heterocycles. The zero-order valence-corrected chi connectivity index (χ0v) is 16.3. The monoisotopic (exact) mass is 372 g/mol. The Hall–Kier alpha value is -1.12. The molecule has 0 radical (unpaired) electrons. The van der Waals surface area contributed by atoms with Gasteiger partial charge in [0.25, 0.3) is 0 Å². The Balaban J connectivity index is 1.71. The summed E-state index contributed by atoms with van der Waals surface area (Å²) in [6.07, 6.45) is 6.46. The van der Waals surface area contributed by atoms with Gasteiger partial charge >= 0.3 is 0 Å². The predicted molar refractivity (Wildman–Crippen MR) is 101 cm³/mol. The molecule has 8 heteroatoms. The fourth-order valence-corrected chi connectivity index (χ4v) is 4.73. The number of nitrogens with one attached hydrogen (secondary N) is 2. The second-order valence-electron chi connectivity index (χ2n) is 6.57. The van der Waals surface area contributed by atoms with Gasteiger partial charge in [0.2, 0.25) is 10.0 Å². The minimum absolute atomic E-state index is 0.245. The Morgan fingerprint density at radius 3 is 2.76 bits per heavy atom. The van der Waals surface area contributed by atoms with Crippen molar-refractivity contribution in [1.82, 2.24) is 14.9 Å². The third-order valence-electron chi connectivity index (χ3n) is 4.67. The molecule has 0 aromatic rings. The van der Waals surface area contributed by atoms with Crippen LogP contribution in [0.1, 0.15) is 39.0 Å². The van der Waals surface area contributed by atoms with Crippen LogP contribution in [0.4, 0.5) is 0 Å². The minimum Gasteiger partial charge on any atom is -0.377 e. The van der Waals surface area contributed by atoms with E-state index in [0.717, 1.165) is 51.4 Å². The molecule has 0 atom stereocenters. The summed E-state index contributed by atoms with van der Waals surface area (Å²) in [6.45, 7) is 5.46. The van der Waals surface area contributed by atoms with Gasteiger partial charge in [-0.2, -0.15) is 0 Å². The molecule has 25 heavy (non-hydrogen) atoms. The average Bonchev–Trinajstić information content (AvgIpc) is 2.62. The van der Waals surface area contributed by atoms with Crippen molar-refractivity contribution in [3.8, 4) is 0 Å². The standard InChI is InChI=1S/C17H32N4O3S/c1-3-14-25(22,23)21-10-5-16(6-11-21)20-17(18-2)19-9-4-15-7-12-24-13-8-15/h7,16H,3-6,8-14H2,1-2H3,(H2,18,19,20). The molecule has 2 N–H and O–H groups in total. The van der Waals surface area contributed by atoms with Crippen LogP contribution in [-0.2, 0) is 14.8 Å². The van der Waals surface area contributed by atoms with Gasteiger partial charge in [-0.25, -0.2) is 12.7 Å². The van der Waals surface area contributed by atoms with E-state index in [-0.39, 0.29) is 11.8 Å². The first-order valence-corrected chi connectivity index (χ1v) is 10.9. The molecule has 0 saturated carbocycles. The number of guanidine groups is 1. The highest BCUT2D eigenvalue weighted by Gasteiger charge is 2.27. The number of piperidine rings is 1. The van der Waals surface area contributed by atoms with Gasteiger partial charge in [-0.05, 0) is 32.1 Å². The second-order valence-corrected chi connectivity index (χ2v) is 8.66. The van der Waals surface area contributed by atoms with Gasteiger partial charge in [0.15, 0.2) is 5.96 Å². The van der Waals surface area contributed by atoms with E-state index in [0.29, 0.717) is 19.5 Å². The van der Waals surface area contributed by atoms with E-state index in [1.165, 1.54) is 5.57 Å². The largest absolute Gasteiger partial charge is 0.377 e. The quantitative estimate of drug-likeness (QED) is 0.397. The number of nitrogens with zero attached hydrogens (tertiary/aromatic N) is 2. The van der Waals surface area contributed by atoms with E-state index in [2.05, 4.69) is 21.7 Å². The highest BCUT2D eigenvalue weighted by Crippen LogP contribution is 2.15. The van der Waals surface area contributed by atoms with E-state index >= 15 is 0 Å². The molecular weight excluding hydrogens is 340 g/mol. The van der Waals surface area contributed by atoms with E-state index in [1.54, 1.807) is 11.4 Å². The lowest BCUT2D eigenvalue weighted by molar-refractivity contribution is 0.153. The summed E-state index contributed by atoms with van der Waals surface area (Å²) in [5.41, 5.74) is 1.43. The molecule has 2 rings (SSSR count). The first kappa shape index (κ1) is 20.2. The van der Waals surface area contributed by atoms with Crippen molar-refractivity contribution in [3.05, 3.63) is 11.6 Å². The van der Waals surface area contributed by atoms with Crippen molar-refractivity contribution in [2.75, 3.05) is 45.6 Å². The topological polar surface area (TPSA) is 83.0 Å². The third-order valence-corrected chi connectivity index (χ3v) is 6.75. The Bertz CT molecular complexity index is 566. The minimum atomic E-state index is -3.07. The van der Waals surface area contributed by atoms with Crippen LogP contribution >= 0.6 is 0 Å². The summed E-state index contributed by atoms with van der Waals surface area (Å²) >= 11 is 0. The van der Waals surface area contributed by atoms with Crippen molar-refractivity contribution >= 4 is 16.0 Å². The molecule has 2 heterocycles. The number of hydrogen-bond acceptors (Lipinski definition) is 4. The first-order chi connectivity index (χ1) is 12.0. The maximum Gasteiger partial charge on any atom is 0.214 e. The van der Waals surface area contributed by atoms with Crippen LogP contribution in [0.15, 0.2) is 16.6 Å². The average molecular weight is 373 g/mol. The van der Waals surface area contributed by atoms with E-state index in [9.17, 15) is 8.42 Å². The zero-order valence-electron chi connectivity index (χ0n) is 15.5. The molecule has 0 aliphatic carbocycles. The molecule has 144 valence electrons. The Kier molecular flexibility index (Phi) is 8.18. The molecule has 0 unspecified atom stereocenters. The first-order valence-electron chi connectivity index (χ1n) is 9.26. The zero-order chi connectivity index (χ0) is 18.1. The van der Waals surface area contributed by atoms with Gasteiger partial charge in [-0.3, -0.25) is 4.99 Å². The molecule has 7 nitrogen and oxygen atoms in total. The van der Waals surface area contributed by atoms with Gasteiger partial charge < -0.3 is 15.4 Å². The number of ether oxygens (including phenoxy) is 1. The third kappa shape index (κ3) is 6.60. The Labute approximate surface area is 152 Å². The number of aliphatic imine (C=N–C) groups is 1. The van der Waals surface area contributed by atoms with Crippen LogP contribution in [0.3, 0.4) is 0 Å². The molecule has 2 aliphatic rings. The maximum absolute atomic E-state index is 12.1. The number of hydrogen-bond donors (Lipinski definition) is 2. The molecule has 1 fully saturated rings. The molecule has 2 aliphatic heterocycles. The highest BCUT2D eigenvalue weighted by atomic mass is 32.2. The Morgan fingerprint density at radius 2 is 2.16 bits per heavy atom. The van der Waals surface area contributed by atoms with Crippen molar-refractivity contribution < 1.29 is 13.2 Å². The number of sulfonamides is 1. The summed E-state index contributed by atoms with van der Waals surface area (Å²) in [4.78, 5) is 4.28. The summed E-state index contributed by atoms with van der Waals surface area (Å²) in [6, 6.07) is 0.265. The molecule has 0 bridgehead atoms.